The Kier molecular flexibility index (Phi) is 5.21. The smallest absolute Gasteiger partial charge is 0.321 e. The van der Waals surface area contributed by atoms with E-state index in [1.165, 1.54) is 24.3 Å². The second-order valence-corrected chi connectivity index (χ2v) is 6.57. The van der Waals surface area contributed by atoms with E-state index in [1.54, 1.807) is 30.0 Å². The number of urea groups is 1. The number of aryl methyl sites for hydroxylation is 1. The number of carbonyl (C=O) groups is 2. The van der Waals surface area contributed by atoms with E-state index in [1.807, 2.05) is 0 Å². The fourth-order valence-corrected chi connectivity index (χ4v) is 3.13. The maximum atomic E-state index is 13.3. The molecular formula is C20H21FN2O3. The number of anilines is 1. The number of aromatic hydroxyl groups is 1. The molecule has 0 aliphatic carbocycles. The molecule has 2 aromatic rings. The summed E-state index contributed by atoms with van der Waals surface area (Å²) in [6.07, 6.45) is 1.19. The SMILES string of the molecule is Cc1cc(NC(=O)N2CCC(C(=O)c3ccc(O)cc3)CC2)ccc1F. The third-order valence-electron chi connectivity index (χ3n) is 4.71. The average molecular weight is 356 g/mol. The van der Waals surface area contributed by atoms with E-state index in [4.69, 9.17) is 0 Å². The van der Waals surface area contributed by atoms with Gasteiger partial charge in [0.05, 0.1) is 0 Å². The normalized spacial score (nSPS) is 14.9. The van der Waals surface area contributed by atoms with Crippen LogP contribution in [-0.2, 0) is 0 Å². The van der Waals surface area contributed by atoms with E-state index in [0.29, 0.717) is 42.7 Å². The van der Waals surface area contributed by atoms with Crippen LogP contribution < -0.4 is 5.32 Å². The molecule has 26 heavy (non-hydrogen) atoms. The maximum absolute atomic E-state index is 13.3. The molecule has 0 unspecified atom stereocenters. The average Bonchev–Trinajstić information content (AvgIpc) is 2.65. The number of phenols is 1. The number of hydrogen-bond donors (Lipinski definition) is 2. The zero-order valence-corrected chi connectivity index (χ0v) is 14.5. The van der Waals surface area contributed by atoms with Gasteiger partial charge in [-0.2, -0.15) is 0 Å². The van der Waals surface area contributed by atoms with E-state index in [0.717, 1.165) is 0 Å². The summed E-state index contributed by atoms with van der Waals surface area (Å²) < 4.78 is 13.3. The van der Waals surface area contributed by atoms with Gasteiger partial charge in [0.25, 0.3) is 0 Å². The van der Waals surface area contributed by atoms with E-state index >= 15 is 0 Å². The lowest BCUT2D eigenvalue weighted by molar-refractivity contribution is 0.0859. The summed E-state index contributed by atoms with van der Waals surface area (Å²) in [5.74, 6) is -0.267. The van der Waals surface area contributed by atoms with Crippen molar-refractivity contribution in [1.82, 2.24) is 4.90 Å². The minimum absolute atomic E-state index is 0.0409. The van der Waals surface area contributed by atoms with Crippen molar-refractivity contribution < 1.29 is 19.1 Å². The Bertz CT molecular complexity index is 812. The minimum atomic E-state index is -0.309. The summed E-state index contributed by atoms with van der Waals surface area (Å²) >= 11 is 0. The van der Waals surface area contributed by atoms with Gasteiger partial charge in [-0.3, -0.25) is 4.79 Å². The van der Waals surface area contributed by atoms with Crippen LogP contribution in [-0.4, -0.2) is 34.9 Å². The summed E-state index contributed by atoms with van der Waals surface area (Å²) in [6, 6.07) is 10.4. The van der Waals surface area contributed by atoms with Crippen molar-refractivity contribution in [3.63, 3.8) is 0 Å². The zero-order valence-electron chi connectivity index (χ0n) is 14.5. The molecule has 1 saturated heterocycles. The summed E-state index contributed by atoms with van der Waals surface area (Å²) in [6.45, 7) is 2.62. The van der Waals surface area contributed by atoms with Crippen LogP contribution in [0.1, 0.15) is 28.8 Å². The Labute approximate surface area is 151 Å². The fraction of sp³-hybridized carbons (Fsp3) is 0.300. The predicted molar refractivity (Wildman–Crippen MR) is 96.9 cm³/mol. The molecule has 1 aliphatic rings. The van der Waals surface area contributed by atoms with Crippen LogP contribution in [0.3, 0.4) is 0 Å². The topological polar surface area (TPSA) is 69.6 Å². The van der Waals surface area contributed by atoms with Gasteiger partial charge in [-0.15, -0.1) is 0 Å². The van der Waals surface area contributed by atoms with E-state index in [2.05, 4.69) is 5.32 Å². The minimum Gasteiger partial charge on any atom is -0.508 e. The number of piperidine rings is 1. The number of nitrogens with one attached hydrogen (secondary N) is 1. The molecule has 5 nitrogen and oxygen atoms in total. The molecule has 0 radical (unpaired) electrons. The number of carbonyl (C=O) groups excluding carboxylic acids is 2. The number of likely N-dealkylation sites (tertiary alicyclic amines) is 1. The number of hydrogen-bond acceptors (Lipinski definition) is 3. The lowest BCUT2D eigenvalue weighted by atomic mass is 9.89. The lowest BCUT2D eigenvalue weighted by Crippen LogP contribution is -2.42. The van der Waals surface area contributed by atoms with Crippen LogP contribution in [0.2, 0.25) is 0 Å². The molecule has 0 spiro atoms. The quantitative estimate of drug-likeness (QED) is 0.818. The molecule has 2 N–H and O–H groups in total. The summed E-state index contributed by atoms with van der Waals surface area (Å²) in [5, 5.41) is 12.1. The lowest BCUT2D eigenvalue weighted by Gasteiger charge is -2.31. The van der Waals surface area contributed by atoms with Crippen molar-refractivity contribution in [2.75, 3.05) is 18.4 Å². The second kappa shape index (κ2) is 7.56. The third-order valence-corrected chi connectivity index (χ3v) is 4.71. The molecular weight excluding hydrogens is 335 g/mol. The summed E-state index contributed by atoms with van der Waals surface area (Å²) in [7, 11) is 0. The van der Waals surface area contributed by atoms with Crippen LogP contribution in [0, 0.1) is 18.7 Å². The van der Waals surface area contributed by atoms with E-state index in [-0.39, 0.29) is 29.3 Å². The second-order valence-electron chi connectivity index (χ2n) is 6.57. The molecule has 6 heteroatoms. The summed E-state index contributed by atoms with van der Waals surface area (Å²) in [5.41, 5.74) is 1.60. The Morgan fingerprint density at radius 1 is 1.12 bits per heavy atom. The number of Topliss-reactive ketones (excluding diaryl/α,β-unsaturated/α-hetero) is 1. The Hall–Kier alpha value is -2.89. The first-order chi connectivity index (χ1) is 12.4. The first-order valence-electron chi connectivity index (χ1n) is 8.59. The van der Waals surface area contributed by atoms with Crippen LogP contribution in [0.4, 0.5) is 14.9 Å². The molecule has 1 heterocycles. The number of ketones is 1. The van der Waals surface area contributed by atoms with Gasteiger partial charge in [-0.25, -0.2) is 9.18 Å². The molecule has 3 rings (SSSR count). The number of rotatable bonds is 3. The molecule has 0 bridgehead atoms. The Morgan fingerprint density at radius 2 is 1.77 bits per heavy atom. The van der Waals surface area contributed by atoms with Crippen LogP contribution in [0.5, 0.6) is 5.75 Å². The Morgan fingerprint density at radius 3 is 2.38 bits per heavy atom. The number of halogens is 1. The van der Waals surface area contributed by atoms with E-state index < -0.39 is 0 Å². The van der Waals surface area contributed by atoms with Gasteiger partial charge in [0.1, 0.15) is 11.6 Å². The molecule has 0 aromatic heterocycles. The fourth-order valence-electron chi connectivity index (χ4n) is 3.13. The monoisotopic (exact) mass is 356 g/mol. The van der Waals surface area contributed by atoms with Crippen LogP contribution >= 0.6 is 0 Å². The number of amides is 2. The first-order valence-corrected chi connectivity index (χ1v) is 8.59. The zero-order chi connectivity index (χ0) is 18.7. The van der Waals surface area contributed by atoms with Gasteiger partial charge in [0, 0.05) is 30.3 Å². The van der Waals surface area contributed by atoms with Crippen molar-refractivity contribution in [2.45, 2.75) is 19.8 Å². The summed E-state index contributed by atoms with van der Waals surface area (Å²) in [4.78, 5) is 26.5. The molecule has 1 fully saturated rings. The molecule has 2 amide bonds. The van der Waals surface area contributed by atoms with Crippen LogP contribution in [0.15, 0.2) is 42.5 Å². The molecule has 2 aromatic carbocycles. The third kappa shape index (κ3) is 4.02. The standard InChI is InChI=1S/C20H21FN2O3/c1-13-12-16(4-7-18(13)21)22-20(26)23-10-8-15(9-11-23)19(25)14-2-5-17(24)6-3-14/h2-7,12,15,24H,8-11H2,1H3,(H,22,26). The number of benzene rings is 2. The Balaban J connectivity index is 1.55. The van der Waals surface area contributed by atoms with Gasteiger partial charge in [0.2, 0.25) is 0 Å². The van der Waals surface area contributed by atoms with E-state index in [9.17, 15) is 19.1 Å². The highest BCUT2D eigenvalue weighted by atomic mass is 19.1. The largest absolute Gasteiger partial charge is 0.508 e. The molecule has 0 saturated carbocycles. The highest BCUT2D eigenvalue weighted by Gasteiger charge is 2.28. The van der Waals surface area contributed by atoms with Gasteiger partial charge in [-0.1, -0.05) is 0 Å². The van der Waals surface area contributed by atoms with Crippen molar-refractivity contribution in [3.05, 3.63) is 59.4 Å². The van der Waals surface area contributed by atoms with Crippen LogP contribution in [0.25, 0.3) is 0 Å². The van der Waals surface area contributed by atoms with Gasteiger partial charge in [0.15, 0.2) is 5.78 Å². The van der Waals surface area contributed by atoms with Gasteiger partial charge in [-0.05, 0) is 67.8 Å². The van der Waals surface area contributed by atoms with Gasteiger partial charge < -0.3 is 15.3 Å². The van der Waals surface area contributed by atoms with Crippen molar-refractivity contribution in [1.29, 1.82) is 0 Å². The van der Waals surface area contributed by atoms with Crippen molar-refractivity contribution in [3.8, 4) is 5.75 Å². The maximum Gasteiger partial charge on any atom is 0.321 e. The van der Waals surface area contributed by atoms with Gasteiger partial charge >= 0.3 is 6.03 Å². The highest BCUT2D eigenvalue weighted by Crippen LogP contribution is 2.23. The predicted octanol–water partition coefficient (Wildman–Crippen LogP) is 3.97. The van der Waals surface area contributed by atoms with Crippen molar-refractivity contribution in [2.24, 2.45) is 5.92 Å². The molecule has 136 valence electrons. The molecule has 0 atom stereocenters. The van der Waals surface area contributed by atoms with Crippen molar-refractivity contribution >= 4 is 17.5 Å². The molecule has 1 aliphatic heterocycles. The highest BCUT2D eigenvalue weighted by molar-refractivity contribution is 5.98. The number of nitrogens with zero attached hydrogens (tertiary/aromatic N) is 1. The first kappa shape index (κ1) is 17.9. The number of phenolic OH excluding ortho intramolecular Hbond substituents is 1.